The van der Waals surface area contributed by atoms with Gasteiger partial charge in [0.1, 0.15) is 11.9 Å². The van der Waals surface area contributed by atoms with E-state index in [0.29, 0.717) is 37.1 Å². The van der Waals surface area contributed by atoms with Crippen molar-refractivity contribution in [2.75, 3.05) is 19.6 Å². The number of hydrogen-bond donors (Lipinski definition) is 0. The monoisotopic (exact) mass is 436 g/mol. The van der Waals surface area contributed by atoms with Crippen molar-refractivity contribution in [2.45, 2.75) is 39.4 Å². The van der Waals surface area contributed by atoms with Crippen LogP contribution in [-0.2, 0) is 11.3 Å². The van der Waals surface area contributed by atoms with Gasteiger partial charge in [-0.15, -0.1) is 0 Å². The molecular formula is C25H29FN4O2. The van der Waals surface area contributed by atoms with E-state index in [1.807, 2.05) is 29.2 Å². The number of benzene rings is 2. The Bertz CT molecular complexity index is 1180. The average molecular weight is 437 g/mol. The Morgan fingerprint density at radius 2 is 1.81 bits per heavy atom. The molecule has 168 valence electrons. The normalized spacial score (nSPS) is 18.3. The lowest BCUT2D eigenvalue weighted by molar-refractivity contribution is -0.141. The Kier molecular flexibility index (Phi) is 6.37. The molecule has 1 aliphatic heterocycles. The number of amides is 1. The van der Waals surface area contributed by atoms with Crippen LogP contribution in [0.4, 0.5) is 4.39 Å². The topological polar surface area (TPSA) is 58.4 Å². The second kappa shape index (κ2) is 9.20. The van der Waals surface area contributed by atoms with Crippen molar-refractivity contribution in [3.63, 3.8) is 0 Å². The number of nitrogens with zero attached hydrogens (tertiary/aromatic N) is 4. The van der Waals surface area contributed by atoms with Gasteiger partial charge in [0.25, 0.3) is 5.56 Å². The molecule has 1 aromatic heterocycles. The Morgan fingerprint density at radius 3 is 2.56 bits per heavy atom. The van der Waals surface area contributed by atoms with Crippen LogP contribution in [0.3, 0.4) is 0 Å². The van der Waals surface area contributed by atoms with Gasteiger partial charge in [-0.1, -0.05) is 50.2 Å². The third-order valence-corrected chi connectivity index (χ3v) is 6.35. The van der Waals surface area contributed by atoms with Crippen LogP contribution in [0.25, 0.3) is 10.8 Å². The summed E-state index contributed by atoms with van der Waals surface area (Å²) in [6.45, 7) is 8.25. The quantitative estimate of drug-likeness (QED) is 0.615. The summed E-state index contributed by atoms with van der Waals surface area (Å²) in [6.07, 6.45) is 1.63. The van der Waals surface area contributed by atoms with E-state index in [2.05, 4.69) is 23.8 Å². The fraction of sp³-hybridized carbons (Fsp3) is 0.400. The summed E-state index contributed by atoms with van der Waals surface area (Å²) >= 11 is 0. The molecule has 1 saturated heterocycles. The van der Waals surface area contributed by atoms with E-state index in [1.165, 1.54) is 10.7 Å². The average Bonchev–Trinajstić information content (AvgIpc) is 2.80. The van der Waals surface area contributed by atoms with Gasteiger partial charge < -0.3 is 4.90 Å². The minimum Gasteiger partial charge on any atom is -0.335 e. The maximum absolute atomic E-state index is 14.1. The minimum atomic E-state index is -0.702. The van der Waals surface area contributed by atoms with Gasteiger partial charge >= 0.3 is 0 Å². The van der Waals surface area contributed by atoms with Crippen LogP contribution in [0.15, 0.2) is 59.5 Å². The maximum atomic E-state index is 14.1. The smallest absolute Gasteiger partial charge is 0.275 e. The molecule has 3 aromatic rings. The van der Waals surface area contributed by atoms with E-state index in [9.17, 15) is 14.0 Å². The molecule has 2 atom stereocenters. The van der Waals surface area contributed by atoms with Gasteiger partial charge in [-0.05, 0) is 25.0 Å². The molecule has 1 fully saturated rings. The summed E-state index contributed by atoms with van der Waals surface area (Å²) in [7, 11) is 0. The zero-order valence-electron chi connectivity index (χ0n) is 18.7. The van der Waals surface area contributed by atoms with Crippen LogP contribution >= 0.6 is 0 Å². The van der Waals surface area contributed by atoms with E-state index in [1.54, 1.807) is 31.3 Å². The van der Waals surface area contributed by atoms with Crippen LogP contribution in [0.2, 0.25) is 0 Å². The highest BCUT2D eigenvalue weighted by atomic mass is 19.1. The van der Waals surface area contributed by atoms with E-state index < -0.39 is 6.04 Å². The first-order valence-corrected chi connectivity index (χ1v) is 11.1. The van der Waals surface area contributed by atoms with Gasteiger partial charge in [0.2, 0.25) is 5.91 Å². The molecular weight excluding hydrogens is 407 g/mol. The number of piperazine rings is 1. The molecule has 0 bridgehead atoms. The molecule has 0 spiro atoms. The number of halogens is 1. The molecule has 0 aliphatic carbocycles. The van der Waals surface area contributed by atoms with Crippen molar-refractivity contribution in [1.82, 2.24) is 19.6 Å². The largest absolute Gasteiger partial charge is 0.335 e. The predicted molar refractivity (Wildman–Crippen MR) is 123 cm³/mol. The second-order valence-electron chi connectivity index (χ2n) is 8.83. The summed E-state index contributed by atoms with van der Waals surface area (Å²) in [5, 5.41) is 5.59. The number of carbonyl (C=O) groups excluding carboxylic acids is 1. The Morgan fingerprint density at radius 1 is 1.09 bits per heavy atom. The Labute approximate surface area is 187 Å². The zero-order valence-corrected chi connectivity index (χ0v) is 18.7. The van der Waals surface area contributed by atoms with E-state index >= 15 is 0 Å². The lowest BCUT2D eigenvalue weighted by Crippen LogP contribution is -2.58. The lowest BCUT2D eigenvalue weighted by atomic mass is 9.98. The third-order valence-electron chi connectivity index (χ3n) is 6.35. The molecule has 4 rings (SSSR count). The van der Waals surface area contributed by atoms with E-state index in [0.717, 1.165) is 5.39 Å². The maximum Gasteiger partial charge on any atom is 0.275 e. The van der Waals surface area contributed by atoms with Crippen molar-refractivity contribution in [3.05, 3.63) is 76.5 Å². The lowest BCUT2D eigenvalue weighted by Gasteiger charge is -2.44. The Hall–Kier alpha value is -3.06. The fourth-order valence-corrected chi connectivity index (χ4v) is 4.45. The zero-order chi connectivity index (χ0) is 22.8. The predicted octanol–water partition coefficient (Wildman–Crippen LogP) is 3.47. The van der Waals surface area contributed by atoms with Crippen LogP contribution in [0, 0.1) is 11.7 Å². The molecule has 0 saturated carbocycles. The SMILES string of the molecule is CC(C)[C@H]1CN(Cc2ccccc2F)CCN1C(=O)[C@H](C)n1ncc2ccccc2c1=O. The summed E-state index contributed by atoms with van der Waals surface area (Å²) in [5.74, 6) is -0.0996. The van der Waals surface area contributed by atoms with Gasteiger partial charge in [0.15, 0.2) is 0 Å². The second-order valence-corrected chi connectivity index (χ2v) is 8.83. The highest BCUT2D eigenvalue weighted by Crippen LogP contribution is 2.23. The van der Waals surface area contributed by atoms with E-state index in [4.69, 9.17) is 0 Å². The molecule has 0 unspecified atom stereocenters. The summed E-state index contributed by atoms with van der Waals surface area (Å²) < 4.78 is 15.4. The third kappa shape index (κ3) is 4.30. The van der Waals surface area contributed by atoms with Gasteiger partial charge in [-0.3, -0.25) is 14.5 Å². The highest BCUT2D eigenvalue weighted by Gasteiger charge is 2.35. The van der Waals surface area contributed by atoms with Crippen LogP contribution in [-0.4, -0.2) is 51.2 Å². The van der Waals surface area contributed by atoms with Crippen LogP contribution < -0.4 is 5.56 Å². The number of fused-ring (bicyclic) bond motifs is 1. The molecule has 1 amide bonds. The Balaban J connectivity index is 1.54. The highest BCUT2D eigenvalue weighted by molar-refractivity contribution is 5.83. The van der Waals surface area contributed by atoms with Crippen LogP contribution in [0.1, 0.15) is 32.4 Å². The standard InChI is InChI=1S/C25H29FN4O2/c1-17(2)23-16-28(15-20-9-5-7-11-22(20)26)12-13-29(23)24(31)18(3)30-25(32)21-10-6-4-8-19(21)14-27-30/h4-11,14,17-18,23H,12-13,15-16H2,1-3H3/t18-,23+/m0/s1. The molecule has 0 N–H and O–H groups in total. The molecule has 7 heteroatoms. The molecule has 6 nitrogen and oxygen atoms in total. The first-order chi connectivity index (χ1) is 15.4. The molecule has 32 heavy (non-hydrogen) atoms. The van der Waals surface area contributed by atoms with Gasteiger partial charge in [0, 0.05) is 43.2 Å². The van der Waals surface area contributed by atoms with Gasteiger partial charge in [-0.25, -0.2) is 9.07 Å². The molecule has 2 aromatic carbocycles. The molecule has 1 aliphatic rings. The summed E-state index contributed by atoms with van der Waals surface area (Å²) in [4.78, 5) is 30.5. The van der Waals surface area contributed by atoms with Crippen molar-refractivity contribution in [1.29, 1.82) is 0 Å². The number of aromatic nitrogens is 2. The number of carbonyl (C=O) groups is 1. The van der Waals surface area contributed by atoms with Crippen LogP contribution in [0.5, 0.6) is 0 Å². The minimum absolute atomic E-state index is 0.0263. The fourth-order valence-electron chi connectivity index (χ4n) is 4.45. The molecule has 2 heterocycles. The van der Waals surface area contributed by atoms with Crippen molar-refractivity contribution in [2.24, 2.45) is 5.92 Å². The first-order valence-electron chi connectivity index (χ1n) is 11.1. The van der Waals surface area contributed by atoms with Gasteiger partial charge in [0.05, 0.1) is 11.6 Å². The van der Waals surface area contributed by atoms with Crippen molar-refractivity contribution in [3.8, 4) is 0 Å². The number of hydrogen-bond acceptors (Lipinski definition) is 4. The summed E-state index contributed by atoms with van der Waals surface area (Å²) in [6, 6.07) is 13.3. The van der Waals surface area contributed by atoms with Gasteiger partial charge in [-0.2, -0.15) is 5.10 Å². The van der Waals surface area contributed by atoms with Crippen molar-refractivity contribution >= 4 is 16.7 Å². The summed E-state index contributed by atoms with van der Waals surface area (Å²) in [5.41, 5.74) is 0.401. The van der Waals surface area contributed by atoms with Crippen molar-refractivity contribution < 1.29 is 9.18 Å². The first kappa shape index (κ1) is 22.1. The molecule has 0 radical (unpaired) electrons. The van der Waals surface area contributed by atoms with E-state index in [-0.39, 0.29) is 29.2 Å². The number of rotatable bonds is 5.